The molecule has 0 atom stereocenters. The lowest BCUT2D eigenvalue weighted by molar-refractivity contribution is -0.890. The predicted molar refractivity (Wildman–Crippen MR) is 221 cm³/mol. The quantitative estimate of drug-likeness (QED) is 0.0271. The number of unbranched alkanes of at least 4 members (excludes halogenated alkanes) is 25. The molecular weight excluding hydrogens is 634 g/mol. The van der Waals surface area contributed by atoms with Crippen molar-refractivity contribution in [3.63, 3.8) is 0 Å². The summed E-state index contributed by atoms with van der Waals surface area (Å²) in [6, 6.07) is 0. The molecule has 0 bridgehead atoms. The first-order chi connectivity index (χ1) is 24.4. The summed E-state index contributed by atoms with van der Waals surface area (Å²) in [4.78, 5) is 12.0. The number of hydrogen-bond acceptors (Lipinski definition) is 4. The third-order valence-electron chi connectivity index (χ3n) is 10.6. The minimum atomic E-state index is 0. The number of carbonyl (C=O) groups is 1. The molecule has 6 nitrogen and oxygen atoms in total. The summed E-state index contributed by atoms with van der Waals surface area (Å²) in [5.41, 5.74) is 0. The largest absolute Gasteiger partial charge is 0.466 e. The van der Waals surface area contributed by atoms with E-state index in [-0.39, 0.29) is 11.4 Å². The van der Waals surface area contributed by atoms with Crippen molar-refractivity contribution in [3.05, 3.63) is 0 Å². The molecule has 0 spiro atoms. The summed E-state index contributed by atoms with van der Waals surface area (Å²) in [7, 11) is 4.79. The Labute approximate surface area is 320 Å². The molecule has 308 valence electrons. The Hall–Kier alpha value is -0.690. The van der Waals surface area contributed by atoms with Gasteiger partial charge in [-0.3, -0.25) is 4.79 Å². The Morgan fingerprint density at radius 2 is 0.843 bits per heavy atom. The first kappa shape index (κ1) is 52.4. The first-order valence-electron chi connectivity index (χ1n) is 22.6. The molecule has 0 aliphatic heterocycles. The maximum atomic E-state index is 12.0. The number of hydrogen-bond donors (Lipinski definition) is 0. The molecule has 2 N–H and O–H groups in total. The average molecular weight is 729 g/mol. The fraction of sp³-hybridized carbons (Fsp3) is 0.978. The summed E-state index contributed by atoms with van der Waals surface area (Å²) in [6.45, 7) is 11.3. The van der Waals surface area contributed by atoms with Crippen molar-refractivity contribution in [2.75, 3.05) is 47.2 Å². The monoisotopic (exact) mass is 729 g/mol. The van der Waals surface area contributed by atoms with E-state index in [0.29, 0.717) is 25.9 Å². The molecule has 0 unspecified atom stereocenters. The number of esters is 1. The van der Waals surface area contributed by atoms with E-state index in [1.807, 2.05) is 0 Å². The highest BCUT2D eigenvalue weighted by Gasteiger charge is 2.14. The van der Waals surface area contributed by atoms with Crippen LogP contribution in [0.5, 0.6) is 0 Å². The highest BCUT2D eigenvalue weighted by Crippen LogP contribution is 2.17. The SMILES string of the molecule is CCCCCCCCCOC(=O)CCCCCCC[N+](C)(C)CCCCCCCCOCOC(CCCCCCCC)CCCCCCCC.O. The zero-order valence-corrected chi connectivity index (χ0v) is 35.5. The maximum absolute atomic E-state index is 12.0. The number of nitrogens with zero attached hydrogens (tertiary/aromatic N) is 1. The van der Waals surface area contributed by atoms with Crippen molar-refractivity contribution >= 4 is 5.97 Å². The van der Waals surface area contributed by atoms with Gasteiger partial charge < -0.3 is 24.2 Å². The summed E-state index contributed by atoms with van der Waals surface area (Å²) < 4.78 is 18.7. The van der Waals surface area contributed by atoms with Crippen LogP contribution in [0, 0.1) is 0 Å². The highest BCUT2D eigenvalue weighted by molar-refractivity contribution is 5.69. The number of quaternary nitrogens is 1. The molecule has 0 saturated heterocycles. The summed E-state index contributed by atoms with van der Waals surface area (Å²) in [5, 5.41) is 0. The van der Waals surface area contributed by atoms with Gasteiger partial charge in [0.1, 0.15) is 6.79 Å². The van der Waals surface area contributed by atoms with Crippen LogP contribution in [-0.2, 0) is 19.0 Å². The van der Waals surface area contributed by atoms with Crippen molar-refractivity contribution in [2.24, 2.45) is 0 Å². The summed E-state index contributed by atoms with van der Waals surface area (Å²) in [6.07, 6.45) is 42.2. The Morgan fingerprint density at radius 3 is 1.31 bits per heavy atom. The second-order valence-corrected chi connectivity index (χ2v) is 16.3. The van der Waals surface area contributed by atoms with Crippen LogP contribution in [0.25, 0.3) is 0 Å². The van der Waals surface area contributed by atoms with E-state index in [4.69, 9.17) is 14.2 Å². The van der Waals surface area contributed by atoms with Gasteiger partial charge in [0, 0.05) is 13.0 Å². The van der Waals surface area contributed by atoms with Crippen LogP contribution >= 0.6 is 0 Å². The van der Waals surface area contributed by atoms with Crippen LogP contribution in [-0.4, -0.2) is 69.2 Å². The molecule has 6 heteroatoms. The minimum absolute atomic E-state index is 0. The molecule has 0 saturated carbocycles. The second-order valence-electron chi connectivity index (χ2n) is 16.3. The second kappa shape index (κ2) is 42.1. The Kier molecular flexibility index (Phi) is 43.2. The van der Waals surface area contributed by atoms with Gasteiger partial charge in [-0.15, -0.1) is 0 Å². The minimum Gasteiger partial charge on any atom is -0.466 e. The fourth-order valence-electron chi connectivity index (χ4n) is 7.04. The predicted octanol–water partition coefficient (Wildman–Crippen LogP) is 13.1. The lowest BCUT2D eigenvalue weighted by Gasteiger charge is -2.30. The van der Waals surface area contributed by atoms with Crippen molar-refractivity contribution in [1.82, 2.24) is 0 Å². The van der Waals surface area contributed by atoms with Gasteiger partial charge in [0.25, 0.3) is 0 Å². The van der Waals surface area contributed by atoms with Gasteiger partial charge in [0.2, 0.25) is 0 Å². The number of ether oxygens (including phenoxy) is 3. The van der Waals surface area contributed by atoms with Crippen LogP contribution in [0.2, 0.25) is 0 Å². The van der Waals surface area contributed by atoms with Gasteiger partial charge in [-0.05, 0) is 57.8 Å². The van der Waals surface area contributed by atoms with Gasteiger partial charge in [-0.1, -0.05) is 168 Å². The molecule has 0 aliphatic rings. The molecule has 0 aromatic rings. The molecule has 0 aromatic carbocycles. The topological polar surface area (TPSA) is 76.3 Å². The zero-order valence-electron chi connectivity index (χ0n) is 35.5. The third kappa shape index (κ3) is 41.9. The van der Waals surface area contributed by atoms with E-state index in [9.17, 15) is 4.79 Å². The third-order valence-corrected chi connectivity index (χ3v) is 10.6. The number of carbonyl (C=O) groups excluding carboxylic acids is 1. The zero-order chi connectivity index (χ0) is 36.6. The maximum Gasteiger partial charge on any atom is 0.305 e. The van der Waals surface area contributed by atoms with Crippen molar-refractivity contribution in [1.29, 1.82) is 0 Å². The molecular formula is C45H94NO5+. The van der Waals surface area contributed by atoms with E-state index in [0.717, 1.165) is 36.8 Å². The Bertz CT molecular complexity index is 657. The van der Waals surface area contributed by atoms with Crippen LogP contribution in [0.1, 0.15) is 233 Å². The normalized spacial score (nSPS) is 11.7. The van der Waals surface area contributed by atoms with Gasteiger partial charge in [-0.2, -0.15) is 0 Å². The highest BCUT2D eigenvalue weighted by atomic mass is 16.7. The van der Waals surface area contributed by atoms with E-state index in [1.54, 1.807) is 0 Å². The van der Waals surface area contributed by atoms with Gasteiger partial charge in [0.05, 0.1) is 39.9 Å². The van der Waals surface area contributed by atoms with Crippen molar-refractivity contribution < 1.29 is 29.0 Å². The van der Waals surface area contributed by atoms with E-state index < -0.39 is 0 Å². The average Bonchev–Trinajstić information content (AvgIpc) is 3.10. The summed E-state index contributed by atoms with van der Waals surface area (Å²) in [5.74, 6) is 0.00750. The molecule has 0 rings (SSSR count). The number of rotatable bonds is 42. The molecule has 0 heterocycles. The van der Waals surface area contributed by atoms with E-state index >= 15 is 0 Å². The Morgan fingerprint density at radius 1 is 0.471 bits per heavy atom. The molecule has 0 aromatic heterocycles. The standard InChI is InChI=1S/C45H92NO4.H2O/c1-6-9-12-15-19-28-35-42-49-45(47)38-31-24-21-26-33-40-46(4,5)39-32-25-18-20-27-34-41-48-43-50-44(36-29-22-16-13-10-7-2)37-30-23-17-14-11-8-3;/h44H,6-43H2,1-5H3;1H2/q+1;. The molecule has 0 aliphatic carbocycles. The van der Waals surface area contributed by atoms with Gasteiger partial charge in [-0.25, -0.2) is 0 Å². The molecule has 51 heavy (non-hydrogen) atoms. The van der Waals surface area contributed by atoms with Crippen LogP contribution < -0.4 is 0 Å². The van der Waals surface area contributed by atoms with Crippen LogP contribution in [0.15, 0.2) is 0 Å². The fourth-order valence-corrected chi connectivity index (χ4v) is 7.04. The van der Waals surface area contributed by atoms with E-state index in [2.05, 4.69) is 34.9 Å². The summed E-state index contributed by atoms with van der Waals surface area (Å²) >= 11 is 0. The van der Waals surface area contributed by atoms with Gasteiger partial charge >= 0.3 is 5.97 Å². The molecule has 0 amide bonds. The lowest BCUT2D eigenvalue weighted by atomic mass is 10.0. The molecule has 0 fully saturated rings. The van der Waals surface area contributed by atoms with Crippen molar-refractivity contribution in [3.8, 4) is 0 Å². The lowest BCUT2D eigenvalue weighted by Crippen LogP contribution is -2.41. The Balaban J connectivity index is 0. The van der Waals surface area contributed by atoms with Gasteiger partial charge in [0.15, 0.2) is 0 Å². The van der Waals surface area contributed by atoms with E-state index in [1.165, 1.54) is 193 Å². The van der Waals surface area contributed by atoms with Crippen molar-refractivity contribution in [2.45, 2.75) is 239 Å². The molecule has 0 radical (unpaired) electrons. The first-order valence-corrected chi connectivity index (χ1v) is 22.6. The van der Waals surface area contributed by atoms with Crippen LogP contribution in [0.3, 0.4) is 0 Å². The van der Waals surface area contributed by atoms with Crippen LogP contribution in [0.4, 0.5) is 0 Å². The smallest absolute Gasteiger partial charge is 0.305 e.